The highest BCUT2D eigenvalue weighted by Gasteiger charge is 2.39. The molecule has 0 unspecified atom stereocenters. The maximum atomic E-state index is 13.6. The van der Waals surface area contributed by atoms with E-state index in [2.05, 4.69) is 20.7 Å². The van der Waals surface area contributed by atoms with Gasteiger partial charge in [0.05, 0.1) is 25.2 Å². The van der Waals surface area contributed by atoms with Crippen molar-refractivity contribution < 1.29 is 23.8 Å². The van der Waals surface area contributed by atoms with E-state index in [0.717, 1.165) is 53.7 Å². The Balaban J connectivity index is 1.62. The second-order valence-electron chi connectivity index (χ2n) is 9.17. The number of thioether (sulfide) groups is 1. The van der Waals surface area contributed by atoms with Crippen LogP contribution in [0.25, 0.3) is 6.08 Å². The third kappa shape index (κ3) is 6.42. The number of ether oxygens (including phenoxy) is 3. The molecular formula is C26H33BrN2O5S. The van der Waals surface area contributed by atoms with Gasteiger partial charge in [-0.1, -0.05) is 54.5 Å². The maximum absolute atomic E-state index is 13.6. The number of amidine groups is 1. The summed E-state index contributed by atoms with van der Waals surface area (Å²) in [5.41, 5.74) is 0.797. The molecular weight excluding hydrogens is 532 g/mol. The fourth-order valence-corrected chi connectivity index (χ4v) is 6.41. The van der Waals surface area contributed by atoms with E-state index >= 15 is 0 Å². The second kappa shape index (κ2) is 12.3. The zero-order valence-electron chi connectivity index (χ0n) is 20.4. The Morgan fingerprint density at radius 1 is 1.09 bits per heavy atom. The Labute approximate surface area is 219 Å². The minimum Gasteiger partial charge on any atom is -0.493 e. The Morgan fingerprint density at radius 2 is 1.77 bits per heavy atom. The summed E-state index contributed by atoms with van der Waals surface area (Å²) in [7, 11) is 2.85. The first-order chi connectivity index (χ1) is 17.0. The van der Waals surface area contributed by atoms with Gasteiger partial charge in [0.15, 0.2) is 23.3 Å². The number of halogens is 1. The predicted molar refractivity (Wildman–Crippen MR) is 142 cm³/mol. The zero-order chi connectivity index (χ0) is 24.8. The summed E-state index contributed by atoms with van der Waals surface area (Å²) < 4.78 is 16.4. The lowest BCUT2D eigenvalue weighted by Gasteiger charge is -2.31. The van der Waals surface area contributed by atoms with Crippen LogP contribution in [0.15, 0.2) is 26.5 Å². The molecule has 1 amide bonds. The fraction of sp³-hybridized carbons (Fsp3) is 0.577. The highest BCUT2D eigenvalue weighted by atomic mass is 79.9. The molecule has 0 aromatic heterocycles. The molecule has 3 fully saturated rings. The van der Waals surface area contributed by atoms with Crippen LogP contribution in [0.3, 0.4) is 0 Å². The summed E-state index contributed by atoms with van der Waals surface area (Å²) in [4.78, 5) is 32.8. The topological polar surface area (TPSA) is 77.4 Å². The molecule has 0 bridgehead atoms. The maximum Gasteiger partial charge on any atom is 0.343 e. The highest BCUT2D eigenvalue weighted by Crippen LogP contribution is 2.41. The monoisotopic (exact) mass is 564 g/mol. The van der Waals surface area contributed by atoms with Crippen molar-refractivity contribution in [2.24, 2.45) is 4.99 Å². The van der Waals surface area contributed by atoms with E-state index in [1.54, 1.807) is 19.2 Å². The van der Waals surface area contributed by atoms with Gasteiger partial charge in [-0.05, 0) is 61.2 Å². The molecule has 1 saturated heterocycles. The van der Waals surface area contributed by atoms with Gasteiger partial charge in [0.25, 0.3) is 5.91 Å². The number of esters is 1. The van der Waals surface area contributed by atoms with Crippen LogP contribution in [0.2, 0.25) is 0 Å². The number of carbonyl (C=O) groups is 2. The Hall–Kier alpha value is -2.00. The molecule has 1 aromatic carbocycles. The number of hydrogen-bond donors (Lipinski definition) is 0. The van der Waals surface area contributed by atoms with Crippen LogP contribution in [0.4, 0.5) is 0 Å². The number of rotatable bonds is 7. The van der Waals surface area contributed by atoms with Crippen molar-refractivity contribution >= 4 is 50.8 Å². The summed E-state index contributed by atoms with van der Waals surface area (Å²) >= 11 is 5.07. The average molecular weight is 566 g/mol. The van der Waals surface area contributed by atoms with E-state index in [-0.39, 0.29) is 18.6 Å². The van der Waals surface area contributed by atoms with Crippen molar-refractivity contribution in [2.75, 3.05) is 20.8 Å². The van der Waals surface area contributed by atoms with Gasteiger partial charge in [0.1, 0.15) is 0 Å². The zero-order valence-corrected chi connectivity index (χ0v) is 22.8. The number of methoxy groups -OCH3 is 2. The largest absolute Gasteiger partial charge is 0.493 e. The summed E-state index contributed by atoms with van der Waals surface area (Å²) in [6, 6.07) is 4.08. The molecule has 2 saturated carbocycles. The van der Waals surface area contributed by atoms with Crippen molar-refractivity contribution in [1.29, 1.82) is 0 Å². The lowest BCUT2D eigenvalue weighted by atomic mass is 9.94. The molecule has 2 aliphatic carbocycles. The molecule has 0 atom stereocenters. The first-order valence-electron chi connectivity index (χ1n) is 12.4. The van der Waals surface area contributed by atoms with Crippen molar-refractivity contribution in [1.82, 2.24) is 4.90 Å². The third-order valence-electron chi connectivity index (χ3n) is 6.79. The first kappa shape index (κ1) is 26.1. The third-order valence-corrected chi connectivity index (χ3v) is 8.47. The van der Waals surface area contributed by atoms with Gasteiger partial charge < -0.3 is 14.2 Å². The summed E-state index contributed by atoms with van der Waals surface area (Å²) in [6.45, 7) is -0.217. The quantitative estimate of drug-likeness (QED) is 0.301. The first-order valence-corrected chi connectivity index (χ1v) is 14.0. The predicted octanol–water partition coefficient (Wildman–Crippen LogP) is 5.95. The van der Waals surface area contributed by atoms with Crippen LogP contribution in [0.1, 0.15) is 69.8 Å². The van der Waals surface area contributed by atoms with Gasteiger partial charge in [0, 0.05) is 10.5 Å². The number of carbonyl (C=O) groups excluding carboxylic acids is 2. The van der Waals surface area contributed by atoms with Crippen LogP contribution < -0.4 is 9.47 Å². The van der Waals surface area contributed by atoms with Crippen LogP contribution in [-0.2, 0) is 14.3 Å². The van der Waals surface area contributed by atoms with Gasteiger partial charge in [-0.2, -0.15) is 0 Å². The van der Waals surface area contributed by atoms with E-state index in [1.165, 1.54) is 44.6 Å². The van der Waals surface area contributed by atoms with Crippen LogP contribution >= 0.6 is 27.7 Å². The SMILES string of the molecule is COC(=O)COc1cc(Br)c(C=C2SC(=NC3CCCCC3)N(C3CCCCC3)C2=O)cc1OC. The van der Waals surface area contributed by atoms with Crippen molar-refractivity contribution in [3.8, 4) is 11.5 Å². The summed E-state index contributed by atoms with van der Waals surface area (Å²) in [5.74, 6) is 0.448. The minimum absolute atomic E-state index is 0.0355. The Kier molecular flexibility index (Phi) is 9.16. The number of benzene rings is 1. The molecule has 7 nitrogen and oxygen atoms in total. The fourth-order valence-electron chi connectivity index (χ4n) is 4.87. The molecule has 9 heteroatoms. The summed E-state index contributed by atoms with van der Waals surface area (Å²) in [6.07, 6.45) is 13.4. The molecule has 35 heavy (non-hydrogen) atoms. The second-order valence-corrected chi connectivity index (χ2v) is 11.0. The Bertz CT molecular complexity index is 1000. The van der Waals surface area contributed by atoms with Gasteiger partial charge >= 0.3 is 5.97 Å². The van der Waals surface area contributed by atoms with Crippen molar-refractivity contribution in [2.45, 2.75) is 76.3 Å². The molecule has 1 aliphatic heterocycles. The van der Waals surface area contributed by atoms with E-state index < -0.39 is 5.97 Å². The molecule has 190 valence electrons. The number of amides is 1. The molecule has 1 heterocycles. The van der Waals surface area contributed by atoms with E-state index in [1.807, 2.05) is 11.0 Å². The van der Waals surface area contributed by atoms with E-state index in [4.69, 9.17) is 14.5 Å². The van der Waals surface area contributed by atoms with Crippen LogP contribution in [0.5, 0.6) is 11.5 Å². The van der Waals surface area contributed by atoms with Gasteiger partial charge in [-0.3, -0.25) is 14.7 Å². The molecule has 0 radical (unpaired) electrons. The van der Waals surface area contributed by atoms with E-state index in [0.29, 0.717) is 22.4 Å². The smallest absolute Gasteiger partial charge is 0.343 e. The Morgan fingerprint density at radius 3 is 2.43 bits per heavy atom. The van der Waals surface area contributed by atoms with Gasteiger partial charge in [-0.15, -0.1) is 0 Å². The van der Waals surface area contributed by atoms with Gasteiger partial charge in [0.2, 0.25) is 0 Å². The average Bonchev–Trinajstić information content (AvgIpc) is 3.18. The number of aliphatic imine (C=N–C) groups is 1. The highest BCUT2D eigenvalue weighted by molar-refractivity contribution is 9.10. The van der Waals surface area contributed by atoms with Gasteiger partial charge in [-0.25, -0.2) is 4.79 Å². The number of nitrogens with zero attached hydrogens (tertiary/aromatic N) is 2. The normalized spacial score (nSPS) is 22.1. The molecule has 0 spiro atoms. The molecule has 4 rings (SSSR count). The minimum atomic E-state index is -0.477. The summed E-state index contributed by atoms with van der Waals surface area (Å²) in [5, 5.41) is 0.862. The lowest BCUT2D eigenvalue weighted by molar-refractivity contribution is -0.142. The number of hydrogen-bond acceptors (Lipinski definition) is 7. The van der Waals surface area contributed by atoms with Crippen LogP contribution in [-0.4, -0.2) is 54.9 Å². The van der Waals surface area contributed by atoms with Crippen molar-refractivity contribution in [3.63, 3.8) is 0 Å². The van der Waals surface area contributed by atoms with Crippen LogP contribution in [0, 0.1) is 0 Å². The van der Waals surface area contributed by atoms with E-state index in [9.17, 15) is 9.59 Å². The molecule has 0 N–H and O–H groups in total. The van der Waals surface area contributed by atoms with Crippen molar-refractivity contribution in [3.05, 3.63) is 27.1 Å². The molecule has 3 aliphatic rings. The molecule has 1 aromatic rings. The standard InChI is InChI=1S/C26H33BrN2O5S/c1-32-21-13-17(20(27)15-22(21)34-16-24(30)33-2)14-23-25(31)29(19-11-7-4-8-12-19)26(35-23)28-18-9-5-3-6-10-18/h13-15,18-19H,3-12,16H2,1-2H3. The lowest BCUT2D eigenvalue weighted by Crippen LogP contribution is -2.41.